The number of allylic oxidation sites excluding steroid dienone is 2. The Hall–Kier alpha value is -2.69. The number of hydrogen-bond donors (Lipinski definition) is 2. The van der Waals surface area contributed by atoms with Crippen LogP contribution in [0.1, 0.15) is 13.8 Å². The largest absolute Gasteiger partial charge is 0.504 e. The van der Waals surface area contributed by atoms with Crippen molar-refractivity contribution in [1.82, 2.24) is 0 Å². The Kier molecular flexibility index (Phi) is 6.07. The summed E-state index contributed by atoms with van der Waals surface area (Å²) < 4.78 is 10.6. The lowest BCUT2D eigenvalue weighted by Crippen LogP contribution is -2.05. The molecular formula is C16H18O5. The number of aliphatic carboxylic acids is 1. The number of hydrogen-bond acceptors (Lipinski definition) is 4. The van der Waals surface area contributed by atoms with Crippen LogP contribution in [0.2, 0.25) is 0 Å². The molecule has 0 fully saturated rings. The van der Waals surface area contributed by atoms with Gasteiger partial charge < -0.3 is 19.7 Å². The van der Waals surface area contributed by atoms with Gasteiger partial charge in [0.2, 0.25) is 0 Å². The highest BCUT2D eigenvalue weighted by Gasteiger charge is 2.14. The van der Waals surface area contributed by atoms with E-state index in [1.54, 1.807) is 25.1 Å². The van der Waals surface area contributed by atoms with Gasteiger partial charge in [0.05, 0.1) is 12.7 Å². The number of aliphatic hydroxyl groups is 1. The van der Waals surface area contributed by atoms with E-state index in [9.17, 15) is 9.90 Å². The van der Waals surface area contributed by atoms with Crippen molar-refractivity contribution in [2.24, 2.45) is 0 Å². The Morgan fingerprint density at radius 3 is 2.29 bits per heavy atom. The molecule has 0 aromatic heterocycles. The average molecular weight is 290 g/mol. The Labute approximate surface area is 123 Å². The van der Waals surface area contributed by atoms with Gasteiger partial charge in [-0.2, -0.15) is 0 Å². The van der Waals surface area contributed by atoms with Crippen LogP contribution in [0.25, 0.3) is 0 Å². The number of para-hydroxylation sites is 1. The van der Waals surface area contributed by atoms with E-state index in [-0.39, 0.29) is 11.3 Å². The number of aliphatic hydroxyl groups excluding tert-OH is 1. The lowest BCUT2D eigenvalue weighted by atomic mass is 10.2. The molecule has 1 rings (SSSR count). The molecule has 0 aliphatic rings. The van der Waals surface area contributed by atoms with E-state index in [1.807, 2.05) is 18.2 Å². The maximum atomic E-state index is 10.9. The highest BCUT2D eigenvalue weighted by molar-refractivity contribution is 5.87. The molecule has 0 heterocycles. The number of rotatable bonds is 6. The molecule has 0 aliphatic heterocycles. The number of carboxylic acids is 1. The normalized spacial score (nSPS) is 13.5. The minimum Gasteiger partial charge on any atom is -0.504 e. The fourth-order valence-electron chi connectivity index (χ4n) is 1.44. The second kappa shape index (κ2) is 7.79. The Morgan fingerprint density at radius 1 is 1.19 bits per heavy atom. The molecular weight excluding hydrogens is 272 g/mol. The van der Waals surface area contributed by atoms with Crippen molar-refractivity contribution in [2.75, 3.05) is 7.11 Å². The van der Waals surface area contributed by atoms with Crippen LogP contribution in [-0.4, -0.2) is 23.3 Å². The van der Waals surface area contributed by atoms with Crippen LogP contribution in [0, 0.1) is 0 Å². The van der Waals surface area contributed by atoms with Crippen LogP contribution in [0.15, 0.2) is 65.3 Å². The molecule has 0 atom stereocenters. The van der Waals surface area contributed by atoms with Gasteiger partial charge in [-0.15, -0.1) is 0 Å². The first kappa shape index (κ1) is 16.4. The molecule has 0 unspecified atom stereocenters. The van der Waals surface area contributed by atoms with Gasteiger partial charge in [-0.25, -0.2) is 4.79 Å². The van der Waals surface area contributed by atoms with Crippen LogP contribution in [0.3, 0.4) is 0 Å². The maximum Gasteiger partial charge on any atom is 0.335 e. The van der Waals surface area contributed by atoms with Crippen molar-refractivity contribution in [1.29, 1.82) is 0 Å². The number of carbonyl (C=O) groups is 1. The summed E-state index contributed by atoms with van der Waals surface area (Å²) in [7, 11) is 1.34. The predicted molar refractivity (Wildman–Crippen MR) is 78.9 cm³/mol. The fraction of sp³-hybridized carbons (Fsp3) is 0.188. The van der Waals surface area contributed by atoms with Crippen molar-refractivity contribution < 1.29 is 24.5 Å². The minimum absolute atomic E-state index is 0.0129. The lowest BCUT2D eigenvalue weighted by molar-refractivity contribution is -0.132. The number of ether oxygens (including phenoxy) is 2. The summed E-state index contributed by atoms with van der Waals surface area (Å²) in [5.41, 5.74) is -0.210. The van der Waals surface area contributed by atoms with Gasteiger partial charge in [0.25, 0.3) is 0 Å². The van der Waals surface area contributed by atoms with Gasteiger partial charge in [-0.1, -0.05) is 18.2 Å². The van der Waals surface area contributed by atoms with Gasteiger partial charge in [0, 0.05) is 6.08 Å². The molecule has 112 valence electrons. The maximum absolute atomic E-state index is 10.9. The van der Waals surface area contributed by atoms with Crippen molar-refractivity contribution in [2.45, 2.75) is 13.8 Å². The van der Waals surface area contributed by atoms with Gasteiger partial charge in [-0.05, 0) is 32.1 Å². The molecule has 0 aliphatic carbocycles. The topological polar surface area (TPSA) is 76.0 Å². The van der Waals surface area contributed by atoms with Gasteiger partial charge in [-0.3, -0.25) is 0 Å². The van der Waals surface area contributed by atoms with Crippen LogP contribution in [0.5, 0.6) is 5.75 Å². The van der Waals surface area contributed by atoms with Crippen molar-refractivity contribution >= 4 is 5.97 Å². The Morgan fingerprint density at radius 2 is 1.81 bits per heavy atom. The molecule has 0 saturated carbocycles. The number of carboxylic acid groups (broad SMARTS) is 1. The predicted octanol–water partition coefficient (Wildman–Crippen LogP) is 3.42. The molecule has 1 aromatic carbocycles. The number of methoxy groups -OCH3 is 1. The molecule has 21 heavy (non-hydrogen) atoms. The summed E-state index contributed by atoms with van der Waals surface area (Å²) in [5.74, 6) is -0.611. The third-order valence-electron chi connectivity index (χ3n) is 2.67. The first-order valence-electron chi connectivity index (χ1n) is 6.28. The van der Waals surface area contributed by atoms with E-state index in [1.165, 1.54) is 20.1 Å². The molecule has 1 aromatic rings. The zero-order valence-electron chi connectivity index (χ0n) is 12.2. The summed E-state index contributed by atoms with van der Waals surface area (Å²) in [6.45, 7) is 3.05. The molecule has 0 spiro atoms. The summed E-state index contributed by atoms with van der Waals surface area (Å²) in [5, 5.41) is 18.8. The minimum atomic E-state index is -1.22. The van der Waals surface area contributed by atoms with E-state index >= 15 is 0 Å². The van der Waals surface area contributed by atoms with Crippen molar-refractivity contribution in [3.63, 3.8) is 0 Å². The molecule has 5 heteroatoms. The van der Waals surface area contributed by atoms with Crippen LogP contribution < -0.4 is 4.74 Å². The highest BCUT2D eigenvalue weighted by Crippen LogP contribution is 2.18. The van der Waals surface area contributed by atoms with Crippen LogP contribution in [-0.2, 0) is 9.53 Å². The monoisotopic (exact) mass is 290 g/mol. The third kappa shape index (κ3) is 4.72. The summed E-state index contributed by atoms with van der Waals surface area (Å²) in [6.07, 6.45) is 3.10. The summed E-state index contributed by atoms with van der Waals surface area (Å²) >= 11 is 0. The van der Waals surface area contributed by atoms with Gasteiger partial charge in [0.15, 0.2) is 11.5 Å². The summed E-state index contributed by atoms with van der Waals surface area (Å²) in [6, 6.07) is 9.08. The van der Waals surface area contributed by atoms with Gasteiger partial charge in [0.1, 0.15) is 11.5 Å². The highest BCUT2D eigenvalue weighted by atomic mass is 16.5. The van der Waals surface area contributed by atoms with Crippen molar-refractivity contribution in [3.05, 3.63) is 65.3 Å². The SMILES string of the molecule is C\C=C(/C=C(OC)\C(O)=C(/C)C(=O)O)Oc1ccccc1. The number of benzene rings is 1. The molecule has 2 N–H and O–H groups in total. The van der Waals surface area contributed by atoms with Crippen LogP contribution >= 0.6 is 0 Å². The molecule has 0 bridgehead atoms. The molecule has 0 saturated heterocycles. The van der Waals surface area contributed by atoms with Gasteiger partial charge >= 0.3 is 5.97 Å². The second-order valence-electron chi connectivity index (χ2n) is 4.10. The van der Waals surface area contributed by atoms with E-state index in [0.29, 0.717) is 11.5 Å². The standard InChI is InChI=1S/C16H18O5/c1-4-12(21-13-8-6-5-7-9-13)10-14(20-3)15(17)11(2)16(18)19/h4-10,17H,1-3H3,(H,18,19)/b12-4+,14-10+,15-11-. The fourth-order valence-corrected chi connectivity index (χ4v) is 1.44. The zero-order chi connectivity index (χ0) is 15.8. The van der Waals surface area contributed by atoms with E-state index in [4.69, 9.17) is 14.6 Å². The van der Waals surface area contributed by atoms with E-state index in [0.717, 1.165) is 0 Å². The molecule has 5 nitrogen and oxygen atoms in total. The van der Waals surface area contributed by atoms with Crippen LogP contribution in [0.4, 0.5) is 0 Å². The third-order valence-corrected chi connectivity index (χ3v) is 2.67. The Bertz CT molecular complexity index is 582. The first-order valence-corrected chi connectivity index (χ1v) is 6.28. The first-order chi connectivity index (χ1) is 9.99. The quantitative estimate of drug-likeness (QED) is 0.477. The van der Waals surface area contributed by atoms with Crippen molar-refractivity contribution in [3.8, 4) is 5.75 Å². The summed E-state index contributed by atoms with van der Waals surface area (Å²) in [4.78, 5) is 10.9. The smallest absolute Gasteiger partial charge is 0.335 e. The zero-order valence-corrected chi connectivity index (χ0v) is 12.2. The lowest BCUT2D eigenvalue weighted by Gasteiger charge is -2.10. The molecule has 0 amide bonds. The van der Waals surface area contributed by atoms with E-state index < -0.39 is 11.7 Å². The Balaban J connectivity index is 3.05. The molecule has 0 radical (unpaired) electrons. The second-order valence-corrected chi connectivity index (χ2v) is 4.10. The van der Waals surface area contributed by atoms with E-state index in [2.05, 4.69) is 0 Å². The average Bonchev–Trinajstić information content (AvgIpc) is 2.50.